The maximum Gasteiger partial charge on any atom is 0.0186 e. The molecule has 2 heterocycles. The second kappa shape index (κ2) is 5.34. The van der Waals surface area contributed by atoms with E-state index in [-0.39, 0.29) is 11.1 Å². The molecule has 0 aromatic rings. The molecule has 2 atom stereocenters. The summed E-state index contributed by atoms with van der Waals surface area (Å²) in [7, 11) is 0. The highest BCUT2D eigenvalue weighted by Crippen LogP contribution is 2.31. The molecule has 0 amide bonds. The SMILES string of the molecule is CC1SCCCC1NC1CC(C)(C)NC(C)(C)C1. The molecule has 2 nitrogen and oxygen atoms in total. The summed E-state index contributed by atoms with van der Waals surface area (Å²) < 4.78 is 0. The van der Waals surface area contributed by atoms with Crippen molar-refractivity contribution >= 4 is 11.8 Å². The molecule has 106 valence electrons. The van der Waals surface area contributed by atoms with Crippen molar-refractivity contribution in [3.63, 3.8) is 0 Å². The molecule has 2 fully saturated rings. The molecule has 0 spiro atoms. The van der Waals surface area contributed by atoms with E-state index in [0.717, 1.165) is 11.3 Å². The van der Waals surface area contributed by atoms with Gasteiger partial charge in [0, 0.05) is 28.4 Å². The van der Waals surface area contributed by atoms with Crippen LogP contribution in [0.4, 0.5) is 0 Å². The maximum atomic E-state index is 3.96. The van der Waals surface area contributed by atoms with Crippen molar-refractivity contribution in [3.05, 3.63) is 0 Å². The zero-order chi connectivity index (χ0) is 13.4. The van der Waals surface area contributed by atoms with Gasteiger partial charge >= 0.3 is 0 Å². The Kier molecular flexibility index (Phi) is 4.35. The fourth-order valence-electron chi connectivity index (χ4n) is 3.89. The number of hydrogen-bond donors (Lipinski definition) is 2. The lowest BCUT2D eigenvalue weighted by molar-refractivity contribution is 0.138. The number of rotatable bonds is 2. The Hall–Kier alpha value is 0.270. The standard InChI is InChI=1S/C15H30N2S/c1-11-13(7-6-8-18-11)16-12-9-14(2,3)17-15(4,5)10-12/h11-13,16-17H,6-10H2,1-5H3. The first-order valence-electron chi connectivity index (χ1n) is 7.44. The Balaban J connectivity index is 1.95. The summed E-state index contributed by atoms with van der Waals surface area (Å²) in [5, 5.41) is 8.50. The van der Waals surface area contributed by atoms with Crippen LogP contribution >= 0.6 is 11.8 Å². The summed E-state index contributed by atoms with van der Waals surface area (Å²) in [5.74, 6) is 1.35. The van der Waals surface area contributed by atoms with E-state index in [2.05, 4.69) is 57.0 Å². The maximum absolute atomic E-state index is 3.96. The number of piperidine rings is 1. The zero-order valence-corrected chi connectivity index (χ0v) is 13.5. The first-order valence-corrected chi connectivity index (χ1v) is 8.49. The Labute approximate surface area is 117 Å². The van der Waals surface area contributed by atoms with Crippen LogP contribution in [0.15, 0.2) is 0 Å². The van der Waals surface area contributed by atoms with Crippen LogP contribution < -0.4 is 10.6 Å². The van der Waals surface area contributed by atoms with Gasteiger partial charge in [-0.2, -0.15) is 11.8 Å². The number of thioether (sulfide) groups is 1. The van der Waals surface area contributed by atoms with Crippen molar-refractivity contribution in [2.24, 2.45) is 0 Å². The molecule has 0 aliphatic carbocycles. The molecule has 2 aliphatic heterocycles. The van der Waals surface area contributed by atoms with Gasteiger partial charge in [-0.05, 0) is 59.1 Å². The van der Waals surface area contributed by atoms with Crippen molar-refractivity contribution in [1.29, 1.82) is 0 Å². The minimum Gasteiger partial charge on any atom is -0.310 e. The van der Waals surface area contributed by atoms with E-state index in [1.54, 1.807) is 0 Å². The van der Waals surface area contributed by atoms with Gasteiger partial charge in [-0.1, -0.05) is 6.92 Å². The fourth-order valence-corrected chi connectivity index (χ4v) is 5.04. The highest BCUT2D eigenvalue weighted by atomic mass is 32.2. The molecule has 0 saturated carbocycles. The lowest BCUT2D eigenvalue weighted by Crippen LogP contribution is -2.63. The molecule has 2 saturated heterocycles. The van der Waals surface area contributed by atoms with Crippen LogP contribution in [0.2, 0.25) is 0 Å². The third-order valence-corrected chi connectivity index (χ3v) is 5.63. The van der Waals surface area contributed by atoms with Crippen LogP contribution in [0.1, 0.15) is 60.3 Å². The average Bonchev–Trinajstić information content (AvgIpc) is 2.16. The van der Waals surface area contributed by atoms with Gasteiger partial charge < -0.3 is 10.6 Å². The molecule has 18 heavy (non-hydrogen) atoms. The minimum atomic E-state index is 0.254. The van der Waals surface area contributed by atoms with Gasteiger partial charge in [0.2, 0.25) is 0 Å². The average molecular weight is 270 g/mol. The van der Waals surface area contributed by atoms with E-state index >= 15 is 0 Å². The van der Waals surface area contributed by atoms with Crippen molar-refractivity contribution in [2.75, 3.05) is 5.75 Å². The van der Waals surface area contributed by atoms with Crippen LogP contribution in [-0.2, 0) is 0 Å². The second-order valence-corrected chi connectivity index (χ2v) is 8.97. The van der Waals surface area contributed by atoms with Crippen LogP contribution in [0.3, 0.4) is 0 Å². The van der Waals surface area contributed by atoms with Gasteiger partial charge in [0.05, 0.1) is 0 Å². The monoisotopic (exact) mass is 270 g/mol. The molecular formula is C15H30N2S. The highest BCUT2D eigenvalue weighted by Gasteiger charge is 2.38. The highest BCUT2D eigenvalue weighted by molar-refractivity contribution is 7.99. The first-order chi connectivity index (χ1) is 8.27. The van der Waals surface area contributed by atoms with Crippen molar-refractivity contribution < 1.29 is 0 Å². The van der Waals surface area contributed by atoms with Gasteiger partial charge in [0.1, 0.15) is 0 Å². The van der Waals surface area contributed by atoms with Crippen LogP contribution in [0, 0.1) is 0 Å². The fraction of sp³-hybridized carbons (Fsp3) is 1.00. The number of nitrogens with one attached hydrogen (secondary N) is 2. The van der Waals surface area contributed by atoms with Crippen molar-refractivity contribution in [3.8, 4) is 0 Å². The number of hydrogen-bond acceptors (Lipinski definition) is 3. The molecular weight excluding hydrogens is 240 g/mol. The van der Waals surface area contributed by atoms with Gasteiger partial charge in [0.25, 0.3) is 0 Å². The topological polar surface area (TPSA) is 24.1 Å². The summed E-state index contributed by atoms with van der Waals surface area (Å²) in [6, 6.07) is 1.39. The summed E-state index contributed by atoms with van der Waals surface area (Å²) in [6.07, 6.45) is 5.22. The lowest BCUT2D eigenvalue weighted by atomic mass is 9.79. The molecule has 2 aliphatic rings. The smallest absolute Gasteiger partial charge is 0.0186 e. The van der Waals surface area contributed by atoms with Crippen LogP contribution in [0.25, 0.3) is 0 Å². The largest absolute Gasteiger partial charge is 0.310 e. The van der Waals surface area contributed by atoms with E-state index in [9.17, 15) is 0 Å². The Bertz CT molecular complexity index is 272. The quantitative estimate of drug-likeness (QED) is 0.806. The normalized spacial score (nSPS) is 36.5. The Morgan fingerprint density at radius 2 is 1.72 bits per heavy atom. The Morgan fingerprint density at radius 3 is 2.28 bits per heavy atom. The molecule has 2 unspecified atom stereocenters. The van der Waals surface area contributed by atoms with Gasteiger partial charge in [-0.15, -0.1) is 0 Å². The molecule has 2 rings (SSSR count). The predicted octanol–water partition coefficient (Wildman–Crippen LogP) is 3.17. The van der Waals surface area contributed by atoms with E-state index in [1.807, 2.05) is 0 Å². The molecule has 3 heteroatoms. The minimum absolute atomic E-state index is 0.254. The first kappa shape index (κ1) is 14.7. The van der Waals surface area contributed by atoms with Gasteiger partial charge in [0.15, 0.2) is 0 Å². The summed E-state index contributed by atoms with van der Waals surface area (Å²) >= 11 is 2.14. The van der Waals surface area contributed by atoms with E-state index in [0.29, 0.717) is 6.04 Å². The third-order valence-electron chi connectivity index (χ3n) is 4.25. The van der Waals surface area contributed by atoms with Crippen molar-refractivity contribution in [2.45, 2.75) is 88.7 Å². The van der Waals surface area contributed by atoms with Gasteiger partial charge in [-0.3, -0.25) is 0 Å². The zero-order valence-electron chi connectivity index (χ0n) is 12.7. The molecule has 0 aromatic heterocycles. The van der Waals surface area contributed by atoms with E-state index < -0.39 is 0 Å². The molecule has 0 bridgehead atoms. The summed E-state index contributed by atoms with van der Waals surface area (Å²) in [4.78, 5) is 0. The Morgan fingerprint density at radius 1 is 1.11 bits per heavy atom. The van der Waals surface area contributed by atoms with E-state index in [1.165, 1.54) is 31.4 Å². The van der Waals surface area contributed by atoms with Gasteiger partial charge in [-0.25, -0.2) is 0 Å². The van der Waals surface area contributed by atoms with Crippen LogP contribution in [0.5, 0.6) is 0 Å². The molecule has 0 radical (unpaired) electrons. The van der Waals surface area contributed by atoms with Crippen LogP contribution in [-0.4, -0.2) is 34.2 Å². The lowest BCUT2D eigenvalue weighted by Gasteiger charge is -2.48. The second-order valence-electron chi connectivity index (χ2n) is 7.49. The molecule has 0 aromatic carbocycles. The predicted molar refractivity (Wildman–Crippen MR) is 82.4 cm³/mol. The summed E-state index contributed by atoms with van der Waals surface area (Å²) in [6.45, 7) is 11.7. The van der Waals surface area contributed by atoms with Crippen molar-refractivity contribution in [1.82, 2.24) is 10.6 Å². The van der Waals surface area contributed by atoms with E-state index in [4.69, 9.17) is 0 Å². The molecule has 2 N–H and O–H groups in total. The third kappa shape index (κ3) is 3.88. The summed E-state index contributed by atoms with van der Waals surface area (Å²) in [5.41, 5.74) is 0.509.